The molecule has 3 rings (SSSR count). The topological polar surface area (TPSA) is 86.8 Å². The number of halogens is 2. The van der Waals surface area contributed by atoms with E-state index in [4.69, 9.17) is 11.6 Å². The quantitative estimate of drug-likeness (QED) is 0.305. The molecule has 0 saturated heterocycles. The highest BCUT2D eigenvalue weighted by Crippen LogP contribution is 2.28. The molecule has 0 aliphatic rings. The molecule has 0 saturated carbocycles. The molecule has 2 amide bonds. The molecule has 10 heteroatoms. The molecule has 1 N–H and O–H groups in total. The van der Waals surface area contributed by atoms with Gasteiger partial charge in [-0.15, -0.1) is 0 Å². The van der Waals surface area contributed by atoms with Crippen LogP contribution in [0.2, 0.25) is 5.02 Å². The highest BCUT2D eigenvalue weighted by molar-refractivity contribution is 9.10. The van der Waals surface area contributed by atoms with Crippen molar-refractivity contribution in [2.45, 2.75) is 44.7 Å². The summed E-state index contributed by atoms with van der Waals surface area (Å²) in [5, 5.41) is 3.20. The van der Waals surface area contributed by atoms with E-state index in [-0.39, 0.29) is 23.0 Å². The van der Waals surface area contributed by atoms with Crippen LogP contribution >= 0.6 is 27.5 Å². The molecule has 202 valence electrons. The van der Waals surface area contributed by atoms with Crippen LogP contribution in [0.3, 0.4) is 0 Å². The van der Waals surface area contributed by atoms with Crippen LogP contribution in [0.4, 0.5) is 5.69 Å². The molecular weight excluding hydrogens is 590 g/mol. The number of sulfonamides is 1. The lowest BCUT2D eigenvalue weighted by atomic mass is 10.1. The van der Waals surface area contributed by atoms with Gasteiger partial charge in [0.15, 0.2) is 0 Å². The summed E-state index contributed by atoms with van der Waals surface area (Å²) in [4.78, 5) is 28.2. The van der Waals surface area contributed by atoms with E-state index in [1.807, 2.05) is 38.1 Å². The van der Waals surface area contributed by atoms with Crippen molar-refractivity contribution in [3.05, 3.63) is 93.4 Å². The van der Waals surface area contributed by atoms with Crippen LogP contribution in [0.1, 0.15) is 31.4 Å². The van der Waals surface area contributed by atoms with Gasteiger partial charge in [0.2, 0.25) is 11.8 Å². The standard InChI is InChI=1S/C28H31BrClN3O4S/c1-4-15-31-28(35)21(3)32(18-22-9-8-10-23(29)16-22)27(34)19-33(24-14-13-20(2)26(30)17-24)38(36,37)25-11-6-5-7-12-25/h5-14,16-17,21H,4,15,18-19H2,1-3H3,(H,31,35)/t21-/m1/s1. The molecule has 1 atom stereocenters. The molecule has 0 aromatic heterocycles. The van der Waals surface area contributed by atoms with Crippen molar-refractivity contribution in [3.8, 4) is 0 Å². The molecule has 0 unspecified atom stereocenters. The number of carbonyl (C=O) groups is 2. The lowest BCUT2D eigenvalue weighted by molar-refractivity contribution is -0.139. The second-order valence-corrected chi connectivity index (χ2v) is 12.1. The zero-order valence-corrected chi connectivity index (χ0v) is 24.7. The zero-order valence-electron chi connectivity index (χ0n) is 21.5. The van der Waals surface area contributed by atoms with Crippen LogP contribution in [0.25, 0.3) is 0 Å². The fourth-order valence-electron chi connectivity index (χ4n) is 3.80. The first-order valence-corrected chi connectivity index (χ1v) is 14.8. The largest absolute Gasteiger partial charge is 0.354 e. The number of anilines is 1. The Labute approximate surface area is 238 Å². The van der Waals surface area contributed by atoms with Gasteiger partial charge in [0, 0.05) is 22.6 Å². The first kappa shape index (κ1) is 29.7. The van der Waals surface area contributed by atoms with E-state index in [0.717, 1.165) is 26.3 Å². The van der Waals surface area contributed by atoms with E-state index in [9.17, 15) is 18.0 Å². The highest BCUT2D eigenvalue weighted by atomic mass is 79.9. The van der Waals surface area contributed by atoms with Crippen LogP contribution in [0, 0.1) is 6.92 Å². The summed E-state index contributed by atoms with van der Waals surface area (Å²) in [7, 11) is -4.13. The summed E-state index contributed by atoms with van der Waals surface area (Å²) < 4.78 is 29.4. The summed E-state index contributed by atoms with van der Waals surface area (Å²) in [5.74, 6) is -0.841. The second kappa shape index (κ2) is 13.3. The lowest BCUT2D eigenvalue weighted by Gasteiger charge is -2.32. The monoisotopic (exact) mass is 619 g/mol. The second-order valence-electron chi connectivity index (χ2n) is 8.88. The number of hydrogen-bond acceptors (Lipinski definition) is 4. The Balaban J connectivity index is 2.03. The average Bonchev–Trinajstić information content (AvgIpc) is 2.90. The number of nitrogens with zero attached hydrogens (tertiary/aromatic N) is 2. The molecule has 0 bridgehead atoms. The fraction of sp³-hybridized carbons (Fsp3) is 0.286. The third-order valence-electron chi connectivity index (χ3n) is 6.01. The summed E-state index contributed by atoms with van der Waals surface area (Å²) in [5.41, 5.74) is 1.82. The first-order valence-electron chi connectivity index (χ1n) is 12.2. The van der Waals surface area contributed by atoms with Crippen LogP contribution in [-0.4, -0.2) is 44.3 Å². The van der Waals surface area contributed by atoms with Gasteiger partial charge < -0.3 is 10.2 Å². The summed E-state index contributed by atoms with van der Waals surface area (Å²) in [6.45, 7) is 5.46. The number of aryl methyl sites for hydroxylation is 1. The molecular formula is C28H31BrClN3O4S. The maximum atomic E-state index is 13.9. The van der Waals surface area contributed by atoms with Crippen LogP contribution in [0.15, 0.2) is 82.2 Å². The maximum absolute atomic E-state index is 13.9. The minimum atomic E-state index is -4.13. The maximum Gasteiger partial charge on any atom is 0.264 e. The Bertz CT molecular complexity index is 1390. The van der Waals surface area contributed by atoms with Crippen molar-refractivity contribution in [1.82, 2.24) is 10.2 Å². The smallest absolute Gasteiger partial charge is 0.264 e. The third-order valence-corrected chi connectivity index (χ3v) is 8.70. The molecule has 0 aliphatic heterocycles. The molecule has 0 fully saturated rings. The molecule has 0 heterocycles. The van der Waals surface area contributed by atoms with Crippen LogP contribution in [0.5, 0.6) is 0 Å². The van der Waals surface area contributed by atoms with E-state index in [2.05, 4.69) is 21.2 Å². The fourth-order valence-corrected chi connectivity index (χ4v) is 5.84. The Morgan fingerprint density at radius 1 is 1.03 bits per heavy atom. The predicted molar refractivity (Wildman–Crippen MR) is 155 cm³/mol. The SMILES string of the molecule is CCCNC(=O)[C@@H](C)N(Cc1cccc(Br)c1)C(=O)CN(c1ccc(C)c(Cl)c1)S(=O)(=O)c1ccccc1. The molecule has 3 aromatic carbocycles. The number of hydrogen-bond donors (Lipinski definition) is 1. The van der Waals surface area contributed by atoms with Gasteiger partial charge in [0.25, 0.3) is 10.0 Å². The van der Waals surface area contributed by atoms with Gasteiger partial charge in [-0.2, -0.15) is 0 Å². The van der Waals surface area contributed by atoms with Crippen LogP contribution < -0.4 is 9.62 Å². The van der Waals surface area contributed by atoms with E-state index in [1.54, 1.807) is 37.3 Å². The van der Waals surface area contributed by atoms with Crippen molar-refractivity contribution in [2.24, 2.45) is 0 Å². The zero-order chi connectivity index (χ0) is 27.9. The van der Waals surface area contributed by atoms with Crippen molar-refractivity contribution >= 4 is 55.1 Å². The lowest BCUT2D eigenvalue weighted by Crippen LogP contribution is -2.51. The third kappa shape index (κ3) is 7.36. The summed E-state index contributed by atoms with van der Waals surface area (Å²) in [6.07, 6.45) is 0.745. The van der Waals surface area contributed by atoms with Gasteiger partial charge >= 0.3 is 0 Å². The molecule has 0 spiro atoms. The number of benzene rings is 3. The van der Waals surface area contributed by atoms with Gasteiger partial charge in [-0.05, 0) is 67.8 Å². The van der Waals surface area contributed by atoms with Crippen molar-refractivity contribution in [2.75, 3.05) is 17.4 Å². The van der Waals surface area contributed by atoms with Gasteiger partial charge in [0.05, 0.1) is 10.6 Å². The molecule has 0 aliphatic carbocycles. The van der Waals surface area contributed by atoms with E-state index >= 15 is 0 Å². The van der Waals surface area contributed by atoms with Crippen molar-refractivity contribution < 1.29 is 18.0 Å². The van der Waals surface area contributed by atoms with Crippen molar-refractivity contribution in [3.63, 3.8) is 0 Å². The van der Waals surface area contributed by atoms with E-state index < -0.39 is 28.5 Å². The Kier molecular flexibility index (Phi) is 10.4. The van der Waals surface area contributed by atoms with E-state index in [1.165, 1.54) is 23.1 Å². The minimum Gasteiger partial charge on any atom is -0.354 e. The number of nitrogens with one attached hydrogen (secondary N) is 1. The average molecular weight is 621 g/mol. The molecule has 0 radical (unpaired) electrons. The number of rotatable bonds is 11. The Morgan fingerprint density at radius 2 is 1.74 bits per heavy atom. The van der Waals surface area contributed by atoms with Gasteiger partial charge in [0.1, 0.15) is 12.6 Å². The molecule has 38 heavy (non-hydrogen) atoms. The van der Waals surface area contributed by atoms with Gasteiger partial charge in [-0.25, -0.2) is 8.42 Å². The Morgan fingerprint density at radius 3 is 2.37 bits per heavy atom. The van der Waals surface area contributed by atoms with Gasteiger partial charge in [-0.1, -0.05) is 70.9 Å². The summed E-state index contributed by atoms with van der Waals surface area (Å²) in [6, 6.07) is 19.3. The minimum absolute atomic E-state index is 0.0387. The predicted octanol–water partition coefficient (Wildman–Crippen LogP) is 5.55. The molecule has 7 nitrogen and oxygen atoms in total. The first-order chi connectivity index (χ1) is 18.0. The molecule has 3 aromatic rings. The number of amides is 2. The normalized spacial score (nSPS) is 12.0. The highest BCUT2D eigenvalue weighted by Gasteiger charge is 2.32. The number of carbonyl (C=O) groups excluding carboxylic acids is 2. The van der Waals surface area contributed by atoms with Crippen molar-refractivity contribution in [1.29, 1.82) is 0 Å². The summed E-state index contributed by atoms with van der Waals surface area (Å²) >= 11 is 9.78. The Hall–Kier alpha value is -2.88. The van der Waals surface area contributed by atoms with Crippen LogP contribution in [-0.2, 0) is 26.2 Å². The van der Waals surface area contributed by atoms with E-state index in [0.29, 0.717) is 11.6 Å². The van der Waals surface area contributed by atoms with Gasteiger partial charge in [-0.3, -0.25) is 13.9 Å².